The molecule has 2 rings (SSSR count). The average molecular weight is 203 g/mol. The van der Waals surface area contributed by atoms with E-state index in [0.29, 0.717) is 5.92 Å². The third-order valence-corrected chi connectivity index (χ3v) is 3.48. The van der Waals surface area contributed by atoms with E-state index in [0.717, 1.165) is 11.1 Å². The summed E-state index contributed by atoms with van der Waals surface area (Å²) in [6, 6.07) is 6.26. The minimum atomic E-state index is 0.514. The molecule has 14 heavy (non-hydrogen) atoms. The molecule has 1 aromatic carbocycles. The van der Waals surface area contributed by atoms with Gasteiger partial charge in [-0.2, -0.15) is 0 Å². The van der Waals surface area contributed by atoms with Crippen LogP contribution < -0.4 is 0 Å². The van der Waals surface area contributed by atoms with Crippen LogP contribution in [-0.2, 0) is 0 Å². The summed E-state index contributed by atoms with van der Waals surface area (Å²) in [6.45, 7) is 8.11. The summed E-state index contributed by atoms with van der Waals surface area (Å²) in [5.41, 5.74) is 2.26. The second-order valence-electron chi connectivity index (χ2n) is 3.64. The van der Waals surface area contributed by atoms with E-state index >= 15 is 0 Å². The van der Waals surface area contributed by atoms with Crippen molar-refractivity contribution in [2.24, 2.45) is 0 Å². The highest BCUT2D eigenvalue weighted by Crippen LogP contribution is 2.27. The van der Waals surface area contributed by atoms with Gasteiger partial charge in [0.2, 0.25) is 0 Å². The highest BCUT2D eigenvalue weighted by molar-refractivity contribution is 7.18. The van der Waals surface area contributed by atoms with E-state index in [1.807, 2.05) is 6.08 Å². The fourth-order valence-electron chi connectivity index (χ4n) is 1.33. The van der Waals surface area contributed by atoms with Crippen molar-refractivity contribution >= 4 is 27.6 Å². The predicted octanol–water partition coefficient (Wildman–Crippen LogP) is 4.06. The molecular weight excluding hydrogens is 190 g/mol. The highest BCUT2D eigenvalue weighted by atomic mass is 32.1. The van der Waals surface area contributed by atoms with Crippen molar-refractivity contribution in [2.75, 3.05) is 0 Å². The fourth-order valence-corrected chi connectivity index (χ4v) is 2.35. The first kappa shape index (κ1) is 9.41. The standard InChI is InChI=1S/C12H13NS/c1-4-9-5-6-10-11(7-9)14-12(13-10)8(2)3/h4-8H,1H2,2-3H3. The molecule has 0 saturated carbocycles. The van der Waals surface area contributed by atoms with Crippen LogP contribution in [0.3, 0.4) is 0 Å². The van der Waals surface area contributed by atoms with Gasteiger partial charge in [0.25, 0.3) is 0 Å². The van der Waals surface area contributed by atoms with E-state index in [2.05, 4.69) is 43.6 Å². The second-order valence-corrected chi connectivity index (χ2v) is 4.70. The Kier molecular flexibility index (Phi) is 2.38. The van der Waals surface area contributed by atoms with Gasteiger partial charge in [0.15, 0.2) is 0 Å². The Labute approximate surface area is 88.1 Å². The van der Waals surface area contributed by atoms with Crippen molar-refractivity contribution in [3.63, 3.8) is 0 Å². The minimum Gasteiger partial charge on any atom is -0.241 e. The van der Waals surface area contributed by atoms with Gasteiger partial charge < -0.3 is 0 Å². The number of nitrogens with zero attached hydrogens (tertiary/aromatic N) is 1. The van der Waals surface area contributed by atoms with E-state index < -0.39 is 0 Å². The van der Waals surface area contributed by atoms with Crippen LogP contribution in [0.5, 0.6) is 0 Å². The molecular formula is C12H13NS. The number of fused-ring (bicyclic) bond motifs is 1. The zero-order chi connectivity index (χ0) is 10.1. The van der Waals surface area contributed by atoms with Crippen molar-refractivity contribution in [1.82, 2.24) is 4.98 Å². The maximum absolute atomic E-state index is 4.57. The second kappa shape index (κ2) is 3.54. The smallest absolute Gasteiger partial charge is 0.0963 e. The van der Waals surface area contributed by atoms with Crippen LogP contribution in [0.4, 0.5) is 0 Å². The van der Waals surface area contributed by atoms with Gasteiger partial charge in [-0.1, -0.05) is 32.6 Å². The Bertz CT molecular complexity index is 468. The number of hydrogen-bond donors (Lipinski definition) is 0. The molecule has 0 amide bonds. The summed E-state index contributed by atoms with van der Waals surface area (Å²) in [7, 11) is 0. The van der Waals surface area contributed by atoms with E-state index in [9.17, 15) is 0 Å². The molecule has 0 spiro atoms. The first-order chi connectivity index (χ1) is 6.70. The summed E-state index contributed by atoms with van der Waals surface area (Å²) < 4.78 is 1.26. The largest absolute Gasteiger partial charge is 0.241 e. The van der Waals surface area contributed by atoms with Crippen LogP contribution in [0.25, 0.3) is 16.3 Å². The predicted molar refractivity (Wildman–Crippen MR) is 63.8 cm³/mol. The summed E-state index contributed by atoms with van der Waals surface area (Å²) >= 11 is 1.78. The Balaban J connectivity index is 2.59. The monoisotopic (exact) mass is 203 g/mol. The molecule has 0 N–H and O–H groups in total. The maximum atomic E-state index is 4.57. The third kappa shape index (κ3) is 1.58. The number of aromatic nitrogens is 1. The summed E-state index contributed by atoms with van der Waals surface area (Å²) in [5, 5.41) is 1.21. The lowest BCUT2D eigenvalue weighted by Crippen LogP contribution is -1.82. The summed E-state index contributed by atoms with van der Waals surface area (Å²) in [5.74, 6) is 0.514. The molecule has 0 aliphatic heterocycles. The lowest BCUT2D eigenvalue weighted by Gasteiger charge is -1.94. The molecule has 0 fully saturated rings. The topological polar surface area (TPSA) is 12.9 Å². The van der Waals surface area contributed by atoms with Crippen LogP contribution in [0.15, 0.2) is 24.8 Å². The molecule has 0 aliphatic rings. The molecule has 0 radical (unpaired) electrons. The van der Waals surface area contributed by atoms with Crippen molar-refractivity contribution < 1.29 is 0 Å². The summed E-state index contributed by atoms with van der Waals surface area (Å²) in [6.07, 6.45) is 1.87. The SMILES string of the molecule is C=Cc1ccc2nc(C(C)C)sc2c1. The Morgan fingerprint density at radius 3 is 2.86 bits per heavy atom. The molecule has 0 aliphatic carbocycles. The maximum Gasteiger partial charge on any atom is 0.0963 e. The number of thiazole rings is 1. The normalized spacial score (nSPS) is 11.1. The Morgan fingerprint density at radius 1 is 1.43 bits per heavy atom. The van der Waals surface area contributed by atoms with Gasteiger partial charge in [-0.15, -0.1) is 11.3 Å². The Morgan fingerprint density at radius 2 is 2.21 bits per heavy atom. The third-order valence-electron chi connectivity index (χ3n) is 2.16. The van der Waals surface area contributed by atoms with Gasteiger partial charge in [0.1, 0.15) is 0 Å². The minimum absolute atomic E-state index is 0.514. The molecule has 0 saturated heterocycles. The first-order valence-electron chi connectivity index (χ1n) is 4.73. The number of rotatable bonds is 2. The lowest BCUT2D eigenvalue weighted by atomic mass is 10.2. The van der Waals surface area contributed by atoms with E-state index in [4.69, 9.17) is 0 Å². The van der Waals surface area contributed by atoms with Gasteiger partial charge in [-0.25, -0.2) is 4.98 Å². The zero-order valence-electron chi connectivity index (χ0n) is 8.45. The molecule has 72 valence electrons. The quantitative estimate of drug-likeness (QED) is 0.717. The van der Waals surface area contributed by atoms with Gasteiger partial charge >= 0.3 is 0 Å². The molecule has 2 heteroatoms. The van der Waals surface area contributed by atoms with Crippen LogP contribution >= 0.6 is 11.3 Å². The molecule has 1 nitrogen and oxygen atoms in total. The average Bonchev–Trinajstić information content (AvgIpc) is 2.59. The lowest BCUT2D eigenvalue weighted by molar-refractivity contribution is 0.857. The fraction of sp³-hybridized carbons (Fsp3) is 0.250. The molecule has 1 heterocycles. The van der Waals surface area contributed by atoms with E-state index in [1.165, 1.54) is 9.71 Å². The van der Waals surface area contributed by atoms with Gasteiger partial charge in [0, 0.05) is 5.92 Å². The Hall–Kier alpha value is -1.15. The zero-order valence-corrected chi connectivity index (χ0v) is 9.27. The van der Waals surface area contributed by atoms with Gasteiger partial charge in [0.05, 0.1) is 15.2 Å². The van der Waals surface area contributed by atoms with Gasteiger partial charge in [-0.05, 0) is 17.7 Å². The summed E-state index contributed by atoms with van der Waals surface area (Å²) in [4.78, 5) is 4.57. The van der Waals surface area contributed by atoms with Crippen molar-refractivity contribution in [2.45, 2.75) is 19.8 Å². The molecule has 1 aromatic heterocycles. The molecule has 2 aromatic rings. The first-order valence-corrected chi connectivity index (χ1v) is 5.55. The molecule has 0 unspecified atom stereocenters. The number of hydrogen-bond acceptors (Lipinski definition) is 2. The van der Waals surface area contributed by atoms with E-state index in [-0.39, 0.29) is 0 Å². The highest BCUT2D eigenvalue weighted by Gasteiger charge is 2.06. The molecule has 0 bridgehead atoms. The van der Waals surface area contributed by atoms with Crippen molar-refractivity contribution in [1.29, 1.82) is 0 Å². The van der Waals surface area contributed by atoms with Crippen LogP contribution in [0.1, 0.15) is 30.3 Å². The number of benzene rings is 1. The van der Waals surface area contributed by atoms with E-state index in [1.54, 1.807) is 11.3 Å². The van der Waals surface area contributed by atoms with Crippen LogP contribution in [0.2, 0.25) is 0 Å². The molecule has 0 atom stereocenters. The van der Waals surface area contributed by atoms with Crippen LogP contribution in [-0.4, -0.2) is 4.98 Å². The van der Waals surface area contributed by atoms with Crippen LogP contribution in [0, 0.1) is 0 Å². The van der Waals surface area contributed by atoms with Crippen molar-refractivity contribution in [3.05, 3.63) is 35.3 Å². The van der Waals surface area contributed by atoms with Gasteiger partial charge in [-0.3, -0.25) is 0 Å². The van der Waals surface area contributed by atoms with Crippen molar-refractivity contribution in [3.8, 4) is 0 Å².